The molecule has 0 atom stereocenters. The molecule has 0 aliphatic heterocycles. The third-order valence-corrected chi connectivity index (χ3v) is 0.0722. The summed E-state index contributed by atoms with van der Waals surface area (Å²) in [6.45, 7) is 0. The zero-order valence-corrected chi connectivity index (χ0v) is 9.87. The summed E-state index contributed by atoms with van der Waals surface area (Å²) in [6.07, 6.45) is 1.32. The molecule has 0 aromatic heterocycles. The van der Waals surface area contributed by atoms with Crippen molar-refractivity contribution in [1.29, 1.82) is 0 Å². The summed E-state index contributed by atoms with van der Waals surface area (Å²) >= 11 is 0. The molecule has 2 nitrogen and oxygen atoms in total. The van der Waals surface area contributed by atoms with E-state index >= 15 is 0 Å². The predicted octanol–water partition coefficient (Wildman–Crippen LogP) is -0.120. The molecular weight excluding hydrogens is 339 g/mol. The second-order valence-corrected chi connectivity index (χ2v) is 0.279. The molecule has 4 heteroatoms. The average Bonchev–Trinajstić information content (AvgIpc) is 1.37. The first-order valence-electron chi connectivity index (χ1n) is 0.808. The van der Waals surface area contributed by atoms with Gasteiger partial charge >= 0.3 is 21.1 Å². The van der Waals surface area contributed by atoms with Gasteiger partial charge in [0.1, 0.15) is 0 Å². The zero-order valence-electron chi connectivity index (χ0n) is 4.10. The number of rotatable bonds is 1. The monoisotopic (exact) mass is 345 g/mol. The van der Waals surface area contributed by atoms with E-state index in [-0.39, 0.29) is 61.2 Å². The molecule has 0 rings (SSSR count). The van der Waals surface area contributed by atoms with Crippen molar-refractivity contribution in [2.24, 2.45) is 0 Å². The van der Waals surface area contributed by atoms with Crippen LogP contribution < -0.4 is 5.32 Å². The molecule has 0 saturated carbocycles. The van der Waals surface area contributed by atoms with E-state index in [0.29, 0.717) is 0 Å². The summed E-state index contributed by atoms with van der Waals surface area (Å²) in [5.41, 5.74) is 0. The van der Waals surface area contributed by atoms with E-state index < -0.39 is 0 Å². The number of amides is 1. The smallest absolute Gasteiger partial charge is 0.681 e. The van der Waals surface area contributed by atoms with Crippen LogP contribution in [0.15, 0.2) is 0 Å². The number of nitrogens with one attached hydrogen (secondary N) is 1. The predicted molar refractivity (Wildman–Crippen MR) is 20.6 cm³/mol. The zero-order chi connectivity index (χ0) is 3.41. The van der Waals surface area contributed by atoms with Gasteiger partial charge in [-0.3, -0.25) is 7.05 Å². The van der Waals surface area contributed by atoms with Crippen LogP contribution in [-0.4, -0.2) is 6.41 Å². The summed E-state index contributed by atoms with van der Waals surface area (Å²) < 4.78 is 0. The number of hydrogen-bond acceptors (Lipinski definition) is 1. The molecule has 0 aliphatic rings. The summed E-state index contributed by atoms with van der Waals surface area (Å²) in [7, 11) is 2.93. The molecule has 0 saturated heterocycles. The van der Waals surface area contributed by atoms with Crippen molar-refractivity contribution < 1.29 is 58.6 Å². The number of hydrogen-bond donors (Lipinski definition) is 1. The molecule has 0 aliphatic carbocycles. The molecule has 39 valence electrons. The van der Waals surface area contributed by atoms with Gasteiger partial charge < -0.3 is 17.5 Å². The Morgan fingerprint density at radius 3 is 1.71 bits per heavy atom. The van der Waals surface area contributed by atoms with Crippen molar-refractivity contribution in [3.63, 3.8) is 0 Å². The van der Waals surface area contributed by atoms with Crippen LogP contribution in [0.4, 0.5) is 0 Å². The topological polar surface area (TPSA) is 29.1 Å². The van der Waals surface area contributed by atoms with Crippen molar-refractivity contribution in [1.82, 2.24) is 5.32 Å². The largest absolute Gasteiger partial charge is 2.00 e. The van der Waals surface area contributed by atoms with Gasteiger partial charge in [0.2, 0.25) is 0 Å². The average molecular weight is 345 g/mol. The Morgan fingerprint density at radius 2 is 1.71 bits per heavy atom. The van der Waals surface area contributed by atoms with Crippen molar-refractivity contribution in [3.8, 4) is 0 Å². The Hall–Kier alpha value is 1.26. The summed E-state index contributed by atoms with van der Waals surface area (Å²) in [5, 5.41) is 1.88. The van der Waals surface area contributed by atoms with Crippen LogP contribution in [0.3, 0.4) is 0 Å². The Morgan fingerprint density at radius 1 is 1.57 bits per heavy atom. The molecule has 0 spiro atoms. The second kappa shape index (κ2) is 26.8. The minimum atomic E-state index is 0. The first kappa shape index (κ1) is 24.0. The maximum absolute atomic E-state index is 8.88. The van der Waals surface area contributed by atoms with Crippen LogP contribution in [0.5, 0.6) is 0 Å². The van der Waals surface area contributed by atoms with Crippen LogP contribution >= 0.6 is 0 Å². The van der Waals surface area contributed by atoms with Crippen LogP contribution in [0.25, 0.3) is 0 Å². The van der Waals surface area contributed by atoms with Gasteiger partial charge in [0.05, 0.1) is 0 Å². The minimum Gasteiger partial charge on any atom is -0.681 e. The van der Waals surface area contributed by atoms with Crippen LogP contribution in [-0.2, 0) is 58.6 Å². The maximum atomic E-state index is 8.88. The van der Waals surface area contributed by atoms with Crippen LogP contribution in [0, 0.1) is 14.5 Å². The van der Waals surface area contributed by atoms with Gasteiger partial charge in [-0.15, -0.1) is 0 Å². The second-order valence-electron chi connectivity index (χ2n) is 0.279. The molecule has 0 unspecified atom stereocenters. The van der Waals surface area contributed by atoms with Gasteiger partial charge in [-0.1, -0.05) is 0 Å². The van der Waals surface area contributed by atoms with E-state index in [0.717, 1.165) is 0 Å². The van der Waals surface area contributed by atoms with E-state index in [1.54, 1.807) is 0 Å². The van der Waals surface area contributed by atoms with Crippen molar-refractivity contribution in [2.45, 2.75) is 0 Å². The molecule has 0 aromatic carbocycles. The first-order chi connectivity index (χ1) is 1.91. The van der Waals surface area contributed by atoms with Gasteiger partial charge in [-0.05, 0) is 0 Å². The normalized spacial score (nSPS) is 3.00. The third-order valence-electron chi connectivity index (χ3n) is 0.0722. The SMILES string of the molecule is [CH2-]N[C-]=O.[CH3-].[W+2].[Y]. The van der Waals surface area contributed by atoms with Gasteiger partial charge in [0, 0.05) is 32.7 Å². The fourth-order valence-electron chi connectivity index (χ4n) is 0. The molecule has 0 heterocycles. The Bertz CT molecular complexity index is 28.9. The quantitative estimate of drug-likeness (QED) is 0.521. The van der Waals surface area contributed by atoms with E-state index in [1.165, 1.54) is 6.41 Å². The van der Waals surface area contributed by atoms with Crippen LogP contribution in [0.1, 0.15) is 0 Å². The molecule has 0 aromatic rings. The number of carbonyl (C=O) groups excluding carboxylic acids is 1. The Kier molecular flexibility index (Phi) is 91.7. The molecule has 7 heavy (non-hydrogen) atoms. The van der Waals surface area contributed by atoms with Crippen molar-refractivity contribution >= 4 is 6.41 Å². The van der Waals surface area contributed by atoms with Gasteiger partial charge in [0.15, 0.2) is 0 Å². The molecule has 1 N–H and O–H groups in total. The standard InChI is InChI=1S/C2H3NO.CH3.W.Y/c1-3-2-4;;;/h1H2,(H,3,4);1H3;;/q-2;-1;+2;. The maximum Gasteiger partial charge on any atom is 2.00 e. The fourth-order valence-corrected chi connectivity index (χ4v) is 0. The summed E-state index contributed by atoms with van der Waals surface area (Å²) in [6, 6.07) is 0. The first-order valence-corrected chi connectivity index (χ1v) is 0.808. The van der Waals surface area contributed by atoms with E-state index in [1.807, 2.05) is 5.32 Å². The molecule has 0 bridgehead atoms. The van der Waals surface area contributed by atoms with Crippen LogP contribution in [0.2, 0.25) is 0 Å². The van der Waals surface area contributed by atoms with E-state index in [9.17, 15) is 0 Å². The van der Waals surface area contributed by atoms with Gasteiger partial charge in [0.25, 0.3) is 0 Å². The molecule has 1 radical (unpaired) electrons. The third kappa shape index (κ3) is 39.3. The van der Waals surface area contributed by atoms with Crippen molar-refractivity contribution in [3.05, 3.63) is 14.5 Å². The van der Waals surface area contributed by atoms with E-state index in [4.69, 9.17) is 4.79 Å². The molecule has 0 fully saturated rings. The van der Waals surface area contributed by atoms with E-state index in [2.05, 4.69) is 7.05 Å². The summed E-state index contributed by atoms with van der Waals surface area (Å²) in [5.74, 6) is 0. The molecule has 1 amide bonds. The Balaban J connectivity index is -0.0000000150. The van der Waals surface area contributed by atoms with Gasteiger partial charge in [-0.2, -0.15) is 0 Å². The van der Waals surface area contributed by atoms with Crippen molar-refractivity contribution in [2.75, 3.05) is 0 Å². The Labute approximate surface area is 84.0 Å². The molecular formula is C3H6NOWY-. The van der Waals surface area contributed by atoms with Gasteiger partial charge in [-0.25, -0.2) is 6.41 Å². The fraction of sp³-hybridized carbons (Fsp3) is 0. The summed E-state index contributed by atoms with van der Waals surface area (Å²) in [4.78, 5) is 8.88. The minimum absolute atomic E-state index is 0.